The molecule has 5 nitrogen and oxygen atoms in total. The number of hydrogen-bond donors (Lipinski definition) is 1. The molecule has 0 atom stereocenters. The zero-order valence-electron chi connectivity index (χ0n) is 18.0. The first-order valence-corrected chi connectivity index (χ1v) is 11.8. The van der Waals surface area contributed by atoms with Gasteiger partial charge in [-0.15, -0.1) is 0 Å². The number of nitrogens with zero attached hydrogens (tertiary/aromatic N) is 2. The molecule has 0 spiro atoms. The maximum atomic E-state index is 12.7. The number of benzene rings is 1. The number of amides is 2. The molecule has 1 N–H and O–H groups in total. The SMILES string of the molecule is O=C(NC1CC1)c1ccc(/C=C/C(=O)N2CCCN(CC3CCCCC3)CC2)cc1. The van der Waals surface area contributed by atoms with E-state index in [4.69, 9.17) is 0 Å². The standard InChI is InChI=1S/C25H35N3O2/c29-24(14-9-20-7-10-22(11-8-20)25(30)26-23-12-13-23)28-16-4-15-27(17-18-28)19-21-5-2-1-3-6-21/h7-11,14,21,23H,1-6,12-13,15-19H2,(H,26,30)/b14-9+. The molecule has 0 bridgehead atoms. The average Bonchev–Trinajstić information content (AvgIpc) is 3.61. The van der Waals surface area contributed by atoms with Crippen LogP contribution >= 0.6 is 0 Å². The summed E-state index contributed by atoms with van der Waals surface area (Å²) in [7, 11) is 0. The molecule has 30 heavy (non-hydrogen) atoms. The molecular weight excluding hydrogens is 374 g/mol. The van der Waals surface area contributed by atoms with E-state index in [2.05, 4.69) is 10.2 Å². The summed E-state index contributed by atoms with van der Waals surface area (Å²) in [5.74, 6) is 0.937. The first-order valence-electron chi connectivity index (χ1n) is 11.8. The molecule has 1 aliphatic heterocycles. The number of carbonyl (C=O) groups excluding carboxylic acids is 2. The maximum absolute atomic E-state index is 12.7. The molecule has 4 rings (SSSR count). The van der Waals surface area contributed by atoms with Gasteiger partial charge in [0.2, 0.25) is 5.91 Å². The second kappa shape index (κ2) is 10.3. The predicted molar refractivity (Wildman–Crippen MR) is 120 cm³/mol. The van der Waals surface area contributed by atoms with Gasteiger partial charge in [-0.3, -0.25) is 9.59 Å². The van der Waals surface area contributed by atoms with Crippen LogP contribution < -0.4 is 5.32 Å². The lowest BCUT2D eigenvalue weighted by Gasteiger charge is -2.28. The zero-order chi connectivity index (χ0) is 20.8. The fraction of sp³-hybridized carbons (Fsp3) is 0.600. The Bertz CT molecular complexity index is 748. The normalized spacial score (nSPS) is 21.5. The lowest BCUT2D eigenvalue weighted by atomic mass is 9.89. The van der Waals surface area contributed by atoms with Crippen molar-refractivity contribution >= 4 is 17.9 Å². The Morgan fingerprint density at radius 3 is 2.40 bits per heavy atom. The molecular formula is C25H35N3O2. The monoisotopic (exact) mass is 409 g/mol. The average molecular weight is 410 g/mol. The molecule has 162 valence electrons. The number of hydrogen-bond acceptors (Lipinski definition) is 3. The van der Waals surface area contributed by atoms with Crippen molar-refractivity contribution < 1.29 is 9.59 Å². The van der Waals surface area contributed by atoms with E-state index in [-0.39, 0.29) is 11.8 Å². The van der Waals surface area contributed by atoms with Crippen LogP contribution in [0.5, 0.6) is 0 Å². The summed E-state index contributed by atoms with van der Waals surface area (Å²) in [4.78, 5) is 29.3. The first-order chi connectivity index (χ1) is 14.7. The van der Waals surface area contributed by atoms with Gasteiger partial charge in [-0.05, 0) is 68.3 Å². The van der Waals surface area contributed by atoms with E-state index in [1.54, 1.807) is 6.08 Å². The second-order valence-electron chi connectivity index (χ2n) is 9.19. The van der Waals surface area contributed by atoms with Crippen LogP contribution in [0.15, 0.2) is 30.3 Å². The van der Waals surface area contributed by atoms with Crippen LogP contribution in [-0.2, 0) is 4.79 Å². The summed E-state index contributed by atoms with van der Waals surface area (Å²) in [5, 5.41) is 3.00. The Kier molecular flexibility index (Phi) is 7.21. The largest absolute Gasteiger partial charge is 0.349 e. The Balaban J connectivity index is 1.24. The molecule has 1 aromatic carbocycles. The van der Waals surface area contributed by atoms with Gasteiger partial charge in [0.15, 0.2) is 0 Å². The summed E-state index contributed by atoms with van der Waals surface area (Å²) in [6.07, 6.45) is 13.7. The van der Waals surface area contributed by atoms with E-state index < -0.39 is 0 Å². The van der Waals surface area contributed by atoms with Gasteiger partial charge in [-0.25, -0.2) is 0 Å². The lowest BCUT2D eigenvalue weighted by molar-refractivity contribution is -0.125. The third-order valence-corrected chi connectivity index (χ3v) is 6.65. The molecule has 1 saturated heterocycles. The van der Waals surface area contributed by atoms with Crippen molar-refractivity contribution in [2.24, 2.45) is 5.92 Å². The van der Waals surface area contributed by atoms with Crippen molar-refractivity contribution in [2.45, 2.75) is 57.4 Å². The molecule has 1 heterocycles. The van der Waals surface area contributed by atoms with Crippen LogP contribution in [0.3, 0.4) is 0 Å². The first kappa shape index (κ1) is 21.1. The highest BCUT2D eigenvalue weighted by Gasteiger charge is 2.24. The van der Waals surface area contributed by atoms with E-state index >= 15 is 0 Å². The van der Waals surface area contributed by atoms with Crippen LogP contribution in [0.1, 0.15) is 67.3 Å². The predicted octanol–water partition coefficient (Wildman–Crippen LogP) is 3.71. The second-order valence-corrected chi connectivity index (χ2v) is 9.19. The van der Waals surface area contributed by atoms with Crippen LogP contribution in [0.2, 0.25) is 0 Å². The summed E-state index contributed by atoms with van der Waals surface area (Å²) in [5.41, 5.74) is 1.62. The molecule has 2 saturated carbocycles. The Morgan fingerprint density at radius 1 is 0.900 bits per heavy atom. The van der Waals surface area contributed by atoms with E-state index in [0.717, 1.165) is 56.9 Å². The maximum Gasteiger partial charge on any atom is 0.251 e. The number of carbonyl (C=O) groups is 2. The molecule has 3 aliphatic rings. The highest BCUT2D eigenvalue weighted by atomic mass is 16.2. The van der Waals surface area contributed by atoms with Gasteiger partial charge in [0.05, 0.1) is 0 Å². The highest BCUT2D eigenvalue weighted by molar-refractivity contribution is 5.95. The van der Waals surface area contributed by atoms with Gasteiger partial charge in [-0.2, -0.15) is 0 Å². The molecule has 2 aliphatic carbocycles. The minimum absolute atomic E-state index is 0.00791. The van der Waals surface area contributed by atoms with Gasteiger partial charge in [0.1, 0.15) is 0 Å². The highest BCUT2D eigenvalue weighted by Crippen LogP contribution is 2.25. The third kappa shape index (κ3) is 6.18. The quantitative estimate of drug-likeness (QED) is 0.729. The smallest absolute Gasteiger partial charge is 0.251 e. The summed E-state index contributed by atoms with van der Waals surface area (Å²) in [6, 6.07) is 7.83. The molecule has 0 unspecified atom stereocenters. The Labute approximate surface area is 180 Å². The third-order valence-electron chi connectivity index (χ3n) is 6.65. The van der Waals surface area contributed by atoms with Crippen molar-refractivity contribution in [1.29, 1.82) is 0 Å². The Morgan fingerprint density at radius 2 is 1.67 bits per heavy atom. The van der Waals surface area contributed by atoms with Gasteiger partial charge in [0, 0.05) is 43.9 Å². The summed E-state index contributed by atoms with van der Waals surface area (Å²) in [6.45, 7) is 4.95. The molecule has 0 aromatic heterocycles. The Hall–Kier alpha value is -2.14. The topological polar surface area (TPSA) is 52.7 Å². The van der Waals surface area contributed by atoms with Crippen LogP contribution in [0, 0.1) is 5.92 Å². The lowest BCUT2D eigenvalue weighted by Crippen LogP contribution is -2.36. The number of rotatable bonds is 6. The van der Waals surface area contributed by atoms with Crippen molar-refractivity contribution in [3.8, 4) is 0 Å². The van der Waals surface area contributed by atoms with Crippen LogP contribution in [-0.4, -0.2) is 60.4 Å². The molecule has 2 amide bonds. The number of nitrogens with one attached hydrogen (secondary N) is 1. The van der Waals surface area contributed by atoms with Crippen molar-refractivity contribution in [2.75, 3.05) is 32.7 Å². The van der Waals surface area contributed by atoms with Crippen LogP contribution in [0.4, 0.5) is 0 Å². The van der Waals surface area contributed by atoms with E-state index in [1.807, 2.05) is 35.2 Å². The molecule has 5 heteroatoms. The van der Waals surface area contributed by atoms with Crippen molar-refractivity contribution in [1.82, 2.24) is 15.1 Å². The summed E-state index contributed by atoms with van der Waals surface area (Å²) >= 11 is 0. The van der Waals surface area contributed by atoms with Gasteiger partial charge < -0.3 is 15.1 Å². The van der Waals surface area contributed by atoms with Gasteiger partial charge in [-0.1, -0.05) is 31.4 Å². The van der Waals surface area contributed by atoms with E-state index in [9.17, 15) is 9.59 Å². The van der Waals surface area contributed by atoms with Crippen molar-refractivity contribution in [3.63, 3.8) is 0 Å². The van der Waals surface area contributed by atoms with E-state index in [0.29, 0.717) is 11.6 Å². The zero-order valence-corrected chi connectivity index (χ0v) is 18.0. The summed E-state index contributed by atoms with van der Waals surface area (Å²) < 4.78 is 0. The molecule has 0 radical (unpaired) electrons. The fourth-order valence-corrected chi connectivity index (χ4v) is 4.62. The fourth-order valence-electron chi connectivity index (χ4n) is 4.62. The minimum Gasteiger partial charge on any atom is -0.349 e. The van der Waals surface area contributed by atoms with Crippen LogP contribution in [0.25, 0.3) is 6.08 Å². The molecule has 3 fully saturated rings. The van der Waals surface area contributed by atoms with Gasteiger partial charge in [0.25, 0.3) is 5.91 Å². The van der Waals surface area contributed by atoms with E-state index in [1.165, 1.54) is 38.6 Å². The molecule has 1 aromatic rings. The minimum atomic E-state index is -0.00791. The van der Waals surface area contributed by atoms with Gasteiger partial charge >= 0.3 is 0 Å². The van der Waals surface area contributed by atoms with Crippen molar-refractivity contribution in [3.05, 3.63) is 41.5 Å².